The number of hydrogen-bond donors (Lipinski definition) is 1. The van der Waals surface area contributed by atoms with Crippen molar-refractivity contribution in [3.63, 3.8) is 0 Å². The minimum Gasteiger partial charge on any atom is -0.382 e. The average Bonchev–Trinajstić information content (AvgIpc) is 2.78. The number of halogens is 1. The van der Waals surface area contributed by atoms with E-state index in [-0.39, 0.29) is 11.7 Å². The van der Waals surface area contributed by atoms with E-state index in [2.05, 4.69) is 16.3 Å². The molecular weight excluding hydrogens is 381 g/mol. The van der Waals surface area contributed by atoms with Crippen molar-refractivity contribution in [3.8, 4) is 0 Å². The van der Waals surface area contributed by atoms with E-state index in [1.54, 1.807) is 0 Å². The number of nitrogens with zero attached hydrogens (tertiary/aromatic N) is 2. The van der Waals surface area contributed by atoms with Crippen molar-refractivity contribution < 1.29 is 13.9 Å². The van der Waals surface area contributed by atoms with E-state index in [0.717, 1.165) is 29.9 Å². The van der Waals surface area contributed by atoms with Gasteiger partial charge in [-0.1, -0.05) is 19.3 Å². The van der Waals surface area contributed by atoms with E-state index in [1.807, 2.05) is 24.0 Å². The van der Waals surface area contributed by atoms with Gasteiger partial charge in [-0.15, -0.1) is 0 Å². The highest BCUT2D eigenvalue weighted by atomic mass is 19.1. The highest BCUT2D eigenvalue weighted by molar-refractivity contribution is 5.96. The molecule has 161 valence electrons. The van der Waals surface area contributed by atoms with Gasteiger partial charge in [0.1, 0.15) is 5.82 Å². The number of anilines is 1. The minimum absolute atomic E-state index is 0.135. The number of carbonyl (C=O) groups is 1. The molecule has 0 atom stereocenters. The van der Waals surface area contributed by atoms with Crippen LogP contribution in [0.4, 0.5) is 10.1 Å². The largest absolute Gasteiger partial charge is 0.382 e. The van der Waals surface area contributed by atoms with Crippen LogP contribution in [-0.4, -0.2) is 50.2 Å². The van der Waals surface area contributed by atoms with Crippen LogP contribution in [-0.2, 0) is 4.74 Å². The number of morpholine rings is 1. The Morgan fingerprint density at radius 2 is 2.00 bits per heavy atom. The quantitative estimate of drug-likeness (QED) is 0.797. The van der Waals surface area contributed by atoms with Crippen molar-refractivity contribution in [2.24, 2.45) is 5.92 Å². The van der Waals surface area contributed by atoms with Crippen molar-refractivity contribution in [1.82, 2.24) is 10.2 Å². The lowest BCUT2D eigenvalue weighted by atomic mass is 9.88. The van der Waals surface area contributed by atoms with Crippen LogP contribution in [0.3, 0.4) is 0 Å². The maximum absolute atomic E-state index is 14.5. The van der Waals surface area contributed by atoms with E-state index in [4.69, 9.17) is 4.74 Å². The molecule has 1 aromatic rings. The second-order valence-electron chi connectivity index (χ2n) is 8.48. The Morgan fingerprint density at radius 3 is 2.70 bits per heavy atom. The fourth-order valence-corrected chi connectivity index (χ4v) is 4.51. The SMILES string of the molecule is CC1=[C]C=C(N(CC2CCCCC2)C(=O)c2cc(F)cc(N3CCOCC3)c2)CN1. The third-order valence-corrected chi connectivity index (χ3v) is 6.25. The second-order valence-corrected chi connectivity index (χ2v) is 8.48. The number of hydrogen-bond acceptors (Lipinski definition) is 4. The smallest absolute Gasteiger partial charge is 0.258 e. The molecule has 1 aromatic carbocycles. The van der Waals surface area contributed by atoms with Gasteiger partial charge in [0.2, 0.25) is 0 Å². The number of ether oxygens (including phenoxy) is 1. The van der Waals surface area contributed by atoms with Crippen LogP contribution < -0.4 is 10.2 Å². The Kier molecular flexibility index (Phi) is 6.72. The number of nitrogens with one attached hydrogen (secondary N) is 1. The molecular formula is C24H31FN3O2. The molecule has 2 heterocycles. The normalized spacial score (nSPS) is 20.3. The monoisotopic (exact) mass is 412 g/mol. The van der Waals surface area contributed by atoms with Gasteiger partial charge in [0.25, 0.3) is 5.91 Å². The van der Waals surface area contributed by atoms with Crippen LogP contribution in [0.15, 0.2) is 35.7 Å². The summed E-state index contributed by atoms with van der Waals surface area (Å²) in [6.07, 6.45) is 11.1. The van der Waals surface area contributed by atoms with Gasteiger partial charge in [-0.25, -0.2) is 4.39 Å². The number of benzene rings is 1. The molecule has 1 amide bonds. The van der Waals surface area contributed by atoms with Crippen molar-refractivity contribution in [2.75, 3.05) is 44.3 Å². The molecule has 1 radical (unpaired) electrons. The molecule has 0 unspecified atom stereocenters. The van der Waals surface area contributed by atoms with E-state index >= 15 is 0 Å². The zero-order chi connectivity index (χ0) is 20.9. The van der Waals surface area contributed by atoms with Crippen LogP contribution in [0, 0.1) is 17.8 Å². The lowest BCUT2D eigenvalue weighted by Gasteiger charge is -2.33. The van der Waals surface area contributed by atoms with Gasteiger partial charge in [-0.05, 0) is 50.0 Å². The Bertz CT molecular complexity index is 824. The molecule has 1 N–H and O–H groups in total. The highest BCUT2D eigenvalue weighted by Gasteiger charge is 2.26. The van der Waals surface area contributed by atoms with Gasteiger partial charge in [-0.2, -0.15) is 0 Å². The van der Waals surface area contributed by atoms with Crippen molar-refractivity contribution in [2.45, 2.75) is 39.0 Å². The number of dihydropyridines is 1. The first-order valence-corrected chi connectivity index (χ1v) is 11.1. The summed E-state index contributed by atoms with van der Waals surface area (Å²) in [5, 5.41) is 3.28. The van der Waals surface area contributed by atoms with Crippen molar-refractivity contribution >= 4 is 11.6 Å². The summed E-state index contributed by atoms with van der Waals surface area (Å²) >= 11 is 0. The fourth-order valence-electron chi connectivity index (χ4n) is 4.51. The molecule has 5 nitrogen and oxygen atoms in total. The summed E-state index contributed by atoms with van der Waals surface area (Å²) in [6, 6.07) is 4.70. The Morgan fingerprint density at radius 1 is 1.23 bits per heavy atom. The summed E-state index contributed by atoms with van der Waals surface area (Å²) in [5.41, 5.74) is 3.01. The molecule has 1 saturated carbocycles. The minimum atomic E-state index is -0.377. The van der Waals surface area contributed by atoms with Crippen molar-refractivity contribution in [3.05, 3.63) is 53.1 Å². The van der Waals surface area contributed by atoms with E-state index in [9.17, 15) is 9.18 Å². The molecule has 0 bridgehead atoms. The van der Waals surface area contributed by atoms with Gasteiger partial charge in [0, 0.05) is 48.4 Å². The number of amides is 1. The van der Waals surface area contributed by atoms with Gasteiger partial charge < -0.3 is 19.9 Å². The van der Waals surface area contributed by atoms with Crippen LogP contribution in [0.2, 0.25) is 0 Å². The van der Waals surface area contributed by atoms with Gasteiger partial charge in [-0.3, -0.25) is 4.79 Å². The zero-order valence-electron chi connectivity index (χ0n) is 17.8. The molecule has 1 saturated heterocycles. The molecule has 1 aliphatic carbocycles. The lowest BCUT2D eigenvalue weighted by molar-refractivity contribution is 0.0768. The van der Waals surface area contributed by atoms with Gasteiger partial charge >= 0.3 is 0 Å². The summed E-state index contributed by atoms with van der Waals surface area (Å²) < 4.78 is 19.9. The predicted octanol–water partition coefficient (Wildman–Crippen LogP) is 3.88. The first kappa shape index (κ1) is 20.9. The number of allylic oxidation sites excluding steroid dienone is 3. The maximum atomic E-state index is 14.5. The second kappa shape index (κ2) is 9.65. The fraction of sp³-hybridized carbons (Fsp3) is 0.542. The van der Waals surface area contributed by atoms with Gasteiger partial charge in [0.15, 0.2) is 0 Å². The zero-order valence-corrected chi connectivity index (χ0v) is 17.8. The standard InChI is InChI=1S/C24H31FN3O2/c1-18-7-8-22(16-26-18)28(17-19-5-3-2-4-6-19)24(29)20-13-21(25)15-23(14-20)27-9-11-30-12-10-27/h8,13-15,19,26H,2-6,9-12,16-17H2,1H3. The molecule has 0 spiro atoms. The Hall–Kier alpha value is -2.34. The molecule has 30 heavy (non-hydrogen) atoms. The average molecular weight is 413 g/mol. The summed E-state index contributed by atoms with van der Waals surface area (Å²) in [5.74, 6) is -0.0233. The van der Waals surface area contributed by atoms with Crippen LogP contribution in [0.25, 0.3) is 0 Å². The molecule has 4 rings (SSSR count). The van der Waals surface area contributed by atoms with E-state index in [1.165, 1.54) is 31.4 Å². The van der Waals surface area contributed by atoms with Crippen LogP contribution >= 0.6 is 0 Å². The Balaban J connectivity index is 1.61. The molecule has 2 aliphatic heterocycles. The van der Waals surface area contributed by atoms with E-state index < -0.39 is 0 Å². The predicted molar refractivity (Wildman–Crippen MR) is 116 cm³/mol. The highest BCUT2D eigenvalue weighted by Crippen LogP contribution is 2.28. The molecule has 3 aliphatic rings. The summed E-state index contributed by atoms with van der Waals surface area (Å²) in [6.45, 7) is 5.87. The number of rotatable bonds is 5. The van der Waals surface area contributed by atoms with Gasteiger partial charge in [0.05, 0.1) is 19.8 Å². The van der Waals surface area contributed by atoms with Crippen LogP contribution in [0.5, 0.6) is 0 Å². The third kappa shape index (κ3) is 5.04. The third-order valence-electron chi connectivity index (χ3n) is 6.25. The molecule has 0 aromatic heterocycles. The topological polar surface area (TPSA) is 44.8 Å². The molecule has 6 heteroatoms. The lowest BCUT2D eigenvalue weighted by Crippen LogP contribution is -2.40. The van der Waals surface area contributed by atoms with Crippen LogP contribution in [0.1, 0.15) is 49.4 Å². The number of carbonyl (C=O) groups excluding carboxylic acids is 1. The summed E-state index contributed by atoms with van der Waals surface area (Å²) in [7, 11) is 0. The first-order valence-electron chi connectivity index (χ1n) is 11.1. The molecule has 2 fully saturated rings. The summed E-state index contributed by atoms with van der Waals surface area (Å²) in [4.78, 5) is 17.5. The van der Waals surface area contributed by atoms with E-state index in [0.29, 0.717) is 50.9 Å². The van der Waals surface area contributed by atoms with Crippen molar-refractivity contribution in [1.29, 1.82) is 0 Å². The Labute approximate surface area is 178 Å². The maximum Gasteiger partial charge on any atom is 0.258 e. The first-order chi connectivity index (χ1) is 14.6.